The molecule has 1 aliphatic heterocycles. The normalized spacial score (nSPS) is 27.2. The lowest BCUT2D eigenvalue weighted by atomic mass is 9.69. The number of fused-ring (bicyclic) bond motifs is 1. The van der Waals surface area contributed by atoms with Crippen LogP contribution in [0.5, 0.6) is 0 Å². The molecule has 5 atom stereocenters. The second-order valence-electron chi connectivity index (χ2n) is 11.9. The zero-order chi connectivity index (χ0) is 26.5. The molecular formula is C32H37N2O2PS. The van der Waals surface area contributed by atoms with Gasteiger partial charge in [-0.3, -0.25) is 18.8 Å². The molecule has 0 radical (unpaired) electrons. The van der Waals surface area contributed by atoms with Gasteiger partial charge in [-0.2, -0.15) is 0 Å². The number of benzene rings is 3. The highest BCUT2D eigenvalue weighted by Crippen LogP contribution is 2.71. The van der Waals surface area contributed by atoms with E-state index >= 15 is 0 Å². The van der Waals surface area contributed by atoms with Gasteiger partial charge in [0.2, 0.25) is 13.2 Å². The second kappa shape index (κ2) is 9.70. The molecule has 3 aromatic carbocycles. The molecule has 1 heterocycles. The fourth-order valence-corrected chi connectivity index (χ4v) is 11.8. The predicted molar refractivity (Wildman–Crippen MR) is 158 cm³/mol. The van der Waals surface area contributed by atoms with Crippen molar-refractivity contribution < 1.29 is 9.36 Å². The number of hydrogen-bond acceptors (Lipinski definition) is 3. The largest absolute Gasteiger partial charge is 0.297 e. The molecule has 38 heavy (non-hydrogen) atoms. The van der Waals surface area contributed by atoms with E-state index in [1.807, 2.05) is 97.9 Å². The van der Waals surface area contributed by atoms with Gasteiger partial charge in [-0.05, 0) is 72.4 Å². The van der Waals surface area contributed by atoms with Crippen LogP contribution < -0.4 is 15.7 Å². The van der Waals surface area contributed by atoms with Crippen LogP contribution in [-0.4, -0.2) is 22.0 Å². The molecule has 0 aromatic heterocycles. The third kappa shape index (κ3) is 3.93. The number of carbonyl (C=O) groups excluding carboxylic acids is 1. The van der Waals surface area contributed by atoms with Crippen molar-refractivity contribution in [2.75, 3.05) is 5.75 Å². The summed E-state index contributed by atoms with van der Waals surface area (Å²) < 4.78 is 17.1. The van der Waals surface area contributed by atoms with Crippen molar-refractivity contribution in [3.63, 3.8) is 0 Å². The first kappa shape index (κ1) is 25.9. The maximum atomic E-state index is 15.0. The number of nitrogens with zero attached hydrogens (tertiary/aromatic N) is 1. The molecule has 1 saturated heterocycles. The van der Waals surface area contributed by atoms with E-state index in [0.29, 0.717) is 12.0 Å². The van der Waals surface area contributed by atoms with Gasteiger partial charge in [-0.15, -0.1) is 0 Å². The summed E-state index contributed by atoms with van der Waals surface area (Å²) >= 11 is 1.73. The Balaban J connectivity index is 1.36. The van der Waals surface area contributed by atoms with Crippen LogP contribution in [0.25, 0.3) is 0 Å². The molecule has 198 valence electrons. The average Bonchev–Trinajstić information content (AvgIpc) is 3.55. The summed E-state index contributed by atoms with van der Waals surface area (Å²) in [6.45, 7) is 6.86. The van der Waals surface area contributed by atoms with Gasteiger partial charge in [-0.25, -0.2) is 0 Å². The van der Waals surface area contributed by atoms with Gasteiger partial charge in [0.1, 0.15) is 0 Å². The maximum absolute atomic E-state index is 15.0. The molecule has 2 bridgehead atoms. The number of rotatable bonds is 7. The van der Waals surface area contributed by atoms with Crippen molar-refractivity contribution in [1.82, 2.24) is 9.39 Å². The third-order valence-corrected chi connectivity index (χ3v) is 14.0. The van der Waals surface area contributed by atoms with Crippen LogP contribution in [0.4, 0.5) is 0 Å². The Morgan fingerprint density at radius 3 is 2.05 bits per heavy atom. The van der Waals surface area contributed by atoms with Gasteiger partial charge >= 0.3 is 0 Å². The Kier molecular flexibility index (Phi) is 6.61. The molecule has 1 N–H and O–H groups in total. The van der Waals surface area contributed by atoms with E-state index in [1.54, 1.807) is 11.9 Å². The third-order valence-electron chi connectivity index (χ3n) is 9.96. The fourth-order valence-electron chi connectivity index (χ4n) is 7.44. The van der Waals surface area contributed by atoms with Crippen LogP contribution in [0.2, 0.25) is 0 Å². The number of amides is 1. The highest BCUT2D eigenvalue weighted by molar-refractivity contribution is 7.97. The van der Waals surface area contributed by atoms with Crippen LogP contribution in [0.3, 0.4) is 0 Å². The van der Waals surface area contributed by atoms with Crippen LogP contribution in [0.15, 0.2) is 91.0 Å². The first-order valence-corrected chi connectivity index (χ1v) is 16.4. The van der Waals surface area contributed by atoms with E-state index < -0.39 is 13.3 Å². The highest BCUT2D eigenvalue weighted by atomic mass is 32.2. The average molecular weight is 545 g/mol. The smallest absolute Gasteiger partial charge is 0.237 e. The monoisotopic (exact) mass is 544 g/mol. The first-order chi connectivity index (χ1) is 18.3. The van der Waals surface area contributed by atoms with Crippen molar-refractivity contribution in [1.29, 1.82) is 0 Å². The Hall–Kier alpha value is -2.33. The molecule has 2 saturated carbocycles. The van der Waals surface area contributed by atoms with Crippen LogP contribution in [-0.2, 0) is 9.36 Å². The summed E-state index contributed by atoms with van der Waals surface area (Å²) in [5.74, 6) is 1.48. The quantitative estimate of drug-likeness (QED) is 0.270. The summed E-state index contributed by atoms with van der Waals surface area (Å²) in [4.78, 5) is 14.3. The molecule has 0 unspecified atom stereocenters. The zero-order valence-corrected chi connectivity index (χ0v) is 24.1. The van der Waals surface area contributed by atoms with E-state index in [0.717, 1.165) is 28.3 Å². The summed E-state index contributed by atoms with van der Waals surface area (Å²) in [6.07, 6.45) is 3.61. The van der Waals surface area contributed by atoms with Crippen molar-refractivity contribution >= 4 is 35.8 Å². The minimum atomic E-state index is -3.25. The van der Waals surface area contributed by atoms with E-state index in [2.05, 4.69) is 23.2 Å². The summed E-state index contributed by atoms with van der Waals surface area (Å²) in [5, 5.41) is 5.08. The Bertz CT molecular complexity index is 1310. The molecule has 1 spiro atoms. The Morgan fingerprint density at radius 2 is 1.50 bits per heavy atom. The molecule has 2 aliphatic carbocycles. The standard InChI is InChI=1S/C32H37N2O2PS/c1-23(30(35)34-28-21-25-19-20-32(28,22-38-34)31(25,2)3)29(24-13-7-4-8-14-24)33-37(36,26-15-9-5-10-16-26)27-17-11-6-12-18-27/h4-18,23,25,28-29H,19-22H2,1-3H3,(H,33,36)/t23-,25+,28+,29-,32+/m1/s1. The van der Waals surface area contributed by atoms with E-state index in [-0.39, 0.29) is 22.7 Å². The maximum Gasteiger partial charge on any atom is 0.237 e. The van der Waals surface area contributed by atoms with E-state index in [4.69, 9.17) is 0 Å². The molecule has 3 fully saturated rings. The molecular weight excluding hydrogens is 507 g/mol. The lowest BCUT2D eigenvalue weighted by molar-refractivity contribution is -0.133. The van der Waals surface area contributed by atoms with Gasteiger partial charge in [-0.1, -0.05) is 87.5 Å². The Morgan fingerprint density at radius 1 is 0.947 bits per heavy atom. The van der Waals surface area contributed by atoms with Crippen LogP contribution in [0, 0.1) is 22.7 Å². The van der Waals surface area contributed by atoms with Crippen molar-refractivity contribution in [3.05, 3.63) is 96.6 Å². The molecule has 6 rings (SSSR count). The lowest BCUT2D eigenvalue weighted by Gasteiger charge is -2.39. The van der Waals surface area contributed by atoms with Crippen molar-refractivity contribution in [2.24, 2.45) is 22.7 Å². The highest BCUT2D eigenvalue weighted by Gasteiger charge is 2.68. The topological polar surface area (TPSA) is 49.4 Å². The Labute approximate surface area is 231 Å². The number of carbonyl (C=O) groups is 1. The first-order valence-electron chi connectivity index (χ1n) is 13.8. The van der Waals surface area contributed by atoms with Gasteiger partial charge in [0.05, 0.1) is 18.0 Å². The molecule has 3 aromatic rings. The van der Waals surface area contributed by atoms with E-state index in [9.17, 15) is 9.36 Å². The van der Waals surface area contributed by atoms with Gasteiger partial charge in [0.15, 0.2) is 0 Å². The predicted octanol–water partition coefficient (Wildman–Crippen LogP) is 6.57. The van der Waals surface area contributed by atoms with E-state index in [1.165, 1.54) is 12.8 Å². The van der Waals surface area contributed by atoms with Gasteiger partial charge in [0.25, 0.3) is 0 Å². The van der Waals surface area contributed by atoms with Crippen molar-refractivity contribution in [3.8, 4) is 0 Å². The van der Waals surface area contributed by atoms with Crippen molar-refractivity contribution in [2.45, 2.75) is 52.1 Å². The SMILES string of the molecule is C[C@@H](C(=O)N1SC[C@@]23CC[C@@H](C[C@H]12)C3(C)C)[C@@H](NP(=O)(c1ccccc1)c1ccccc1)c1ccccc1. The molecule has 3 aliphatic rings. The van der Waals surface area contributed by atoms with Crippen LogP contribution >= 0.6 is 19.2 Å². The number of hydrogen-bond donors (Lipinski definition) is 1. The van der Waals surface area contributed by atoms with Gasteiger partial charge < -0.3 is 0 Å². The summed E-state index contributed by atoms with van der Waals surface area (Å²) in [5.41, 5.74) is 1.47. The lowest BCUT2D eigenvalue weighted by Crippen LogP contribution is -2.46. The summed E-state index contributed by atoms with van der Waals surface area (Å²) in [7, 11) is -3.25. The zero-order valence-electron chi connectivity index (χ0n) is 22.4. The second-order valence-corrected chi connectivity index (χ2v) is 15.3. The fraction of sp³-hybridized carbons (Fsp3) is 0.406. The minimum Gasteiger partial charge on any atom is -0.297 e. The molecule has 1 amide bonds. The minimum absolute atomic E-state index is 0.147. The number of nitrogens with one attached hydrogen (secondary N) is 1. The van der Waals surface area contributed by atoms with Gasteiger partial charge in [0, 0.05) is 21.8 Å². The molecule has 4 nitrogen and oxygen atoms in total. The van der Waals surface area contributed by atoms with Crippen LogP contribution in [0.1, 0.15) is 51.6 Å². The summed E-state index contributed by atoms with van der Waals surface area (Å²) in [6, 6.07) is 29.2. The molecule has 6 heteroatoms.